The van der Waals surface area contributed by atoms with E-state index >= 15 is 0 Å². The van der Waals surface area contributed by atoms with Crippen molar-refractivity contribution in [2.24, 2.45) is 5.92 Å². The van der Waals surface area contributed by atoms with Crippen molar-refractivity contribution in [2.75, 3.05) is 26.2 Å². The van der Waals surface area contributed by atoms with E-state index in [1.54, 1.807) is 28.4 Å². The first-order chi connectivity index (χ1) is 11.2. The van der Waals surface area contributed by atoms with E-state index in [4.69, 9.17) is 4.42 Å². The Kier molecular flexibility index (Phi) is 3.69. The number of piperazine rings is 1. The number of thiophene rings is 1. The van der Waals surface area contributed by atoms with Crippen LogP contribution in [-0.4, -0.2) is 47.8 Å². The van der Waals surface area contributed by atoms with Crippen molar-refractivity contribution < 1.29 is 14.0 Å². The average molecular weight is 330 g/mol. The minimum Gasteiger partial charge on any atom is -0.459 e. The van der Waals surface area contributed by atoms with Gasteiger partial charge in [-0.15, -0.1) is 11.3 Å². The Bertz CT molecular complexity index is 688. The molecule has 2 fully saturated rings. The van der Waals surface area contributed by atoms with Crippen molar-refractivity contribution in [2.45, 2.75) is 12.3 Å². The average Bonchev–Trinajstić information content (AvgIpc) is 3.00. The molecule has 0 bridgehead atoms. The second-order valence-electron chi connectivity index (χ2n) is 6.06. The summed E-state index contributed by atoms with van der Waals surface area (Å²) < 4.78 is 5.16. The fourth-order valence-corrected chi connectivity index (χ4v) is 4.11. The lowest BCUT2D eigenvalue weighted by Crippen LogP contribution is -2.51. The van der Waals surface area contributed by atoms with E-state index in [2.05, 4.69) is 11.4 Å². The first-order valence-electron chi connectivity index (χ1n) is 7.89. The molecule has 2 atom stereocenters. The molecule has 2 aromatic rings. The minimum absolute atomic E-state index is 0.0926. The van der Waals surface area contributed by atoms with Crippen LogP contribution in [0.4, 0.5) is 0 Å². The lowest BCUT2D eigenvalue weighted by Gasteiger charge is -2.34. The lowest BCUT2D eigenvalue weighted by atomic mass is 10.2. The third-order valence-corrected chi connectivity index (χ3v) is 5.63. The Morgan fingerprint density at radius 3 is 2.52 bits per heavy atom. The van der Waals surface area contributed by atoms with Crippen LogP contribution >= 0.6 is 11.3 Å². The van der Waals surface area contributed by atoms with E-state index in [0.29, 0.717) is 37.9 Å². The smallest absolute Gasteiger partial charge is 0.289 e. The molecule has 2 aliphatic rings. The van der Waals surface area contributed by atoms with Gasteiger partial charge in [-0.2, -0.15) is 0 Å². The molecule has 1 saturated carbocycles. The van der Waals surface area contributed by atoms with Gasteiger partial charge in [0.2, 0.25) is 5.91 Å². The highest BCUT2D eigenvalue weighted by Gasteiger charge is 2.46. The van der Waals surface area contributed by atoms with Gasteiger partial charge in [-0.05, 0) is 30.0 Å². The molecule has 2 unspecified atom stereocenters. The van der Waals surface area contributed by atoms with Gasteiger partial charge in [-0.3, -0.25) is 9.59 Å². The van der Waals surface area contributed by atoms with Gasteiger partial charge in [-0.1, -0.05) is 6.07 Å². The highest BCUT2D eigenvalue weighted by atomic mass is 32.1. The topological polar surface area (TPSA) is 53.8 Å². The molecule has 1 aliphatic heterocycles. The summed E-state index contributed by atoms with van der Waals surface area (Å²) in [6.45, 7) is 2.36. The molecule has 23 heavy (non-hydrogen) atoms. The lowest BCUT2D eigenvalue weighted by molar-refractivity contribution is -0.134. The summed E-state index contributed by atoms with van der Waals surface area (Å²) in [6.07, 6.45) is 2.47. The van der Waals surface area contributed by atoms with Crippen molar-refractivity contribution in [3.05, 3.63) is 46.5 Å². The summed E-state index contributed by atoms with van der Waals surface area (Å²) in [7, 11) is 0. The van der Waals surface area contributed by atoms with Crippen molar-refractivity contribution in [1.82, 2.24) is 9.80 Å². The standard InChI is InChI=1S/C17H18N2O3S/c20-16(13-11-12(13)15-4-2-10-23-15)18-5-7-19(8-6-18)17(21)14-3-1-9-22-14/h1-4,9-10,12-13H,5-8,11H2. The van der Waals surface area contributed by atoms with Crippen LogP contribution < -0.4 is 0 Å². The van der Waals surface area contributed by atoms with Crippen LogP contribution in [0.3, 0.4) is 0 Å². The normalized spacial score (nSPS) is 23.8. The first-order valence-corrected chi connectivity index (χ1v) is 8.77. The summed E-state index contributed by atoms with van der Waals surface area (Å²) in [5.74, 6) is 1.06. The number of amides is 2. The summed E-state index contributed by atoms with van der Waals surface area (Å²) in [6, 6.07) is 7.54. The monoisotopic (exact) mass is 330 g/mol. The largest absolute Gasteiger partial charge is 0.459 e. The van der Waals surface area contributed by atoms with Gasteiger partial charge in [0.05, 0.1) is 6.26 Å². The molecule has 0 radical (unpaired) electrons. The van der Waals surface area contributed by atoms with E-state index in [-0.39, 0.29) is 17.7 Å². The predicted octanol–water partition coefficient (Wildman–Crippen LogP) is 2.43. The van der Waals surface area contributed by atoms with Gasteiger partial charge in [0.15, 0.2) is 5.76 Å². The number of carbonyl (C=O) groups excluding carboxylic acids is 2. The van der Waals surface area contributed by atoms with Crippen LogP contribution in [-0.2, 0) is 4.79 Å². The highest BCUT2D eigenvalue weighted by molar-refractivity contribution is 7.10. The molecule has 5 nitrogen and oxygen atoms in total. The maximum atomic E-state index is 12.6. The Hall–Kier alpha value is -2.08. The van der Waals surface area contributed by atoms with Crippen molar-refractivity contribution in [3.8, 4) is 0 Å². The SMILES string of the molecule is O=C(c1ccco1)N1CCN(C(=O)C2CC2c2cccs2)CC1. The fourth-order valence-electron chi connectivity index (χ4n) is 3.21. The fraction of sp³-hybridized carbons (Fsp3) is 0.412. The second kappa shape index (κ2) is 5.85. The second-order valence-corrected chi connectivity index (χ2v) is 7.04. The van der Waals surface area contributed by atoms with Gasteiger partial charge < -0.3 is 14.2 Å². The van der Waals surface area contributed by atoms with Crippen LogP contribution in [0.2, 0.25) is 0 Å². The van der Waals surface area contributed by atoms with E-state index in [9.17, 15) is 9.59 Å². The van der Waals surface area contributed by atoms with Crippen LogP contribution in [0.5, 0.6) is 0 Å². The molecule has 1 aliphatic carbocycles. The number of furan rings is 1. The Balaban J connectivity index is 1.32. The van der Waals surface area contributed by atoms with Gasteiger partial charge in [0, 0.05) is 42.9 Å². The number of hydrogen-bond donors (Lipinski definition) is 0. The summed E-state index contributed by atoms with van der Waals surface area (Å²) in [5.41, 5.74) is 0. The molecule has 2 amide bonds. The zero-order valence-corrected chi connectivity index (χ0v) is 13.5. The Morgan fingerprint density at radius 2 is 1.87 bits per heavy atom. The zero-order valence-electron chi connectivity index (χ0n) is 12.7. The Labute approximate surface area is 138 Å². The number of rotatable bonds is 3. The molecule has 0 spiro atoms. The summed E-state index contributed by atoms with van der Waals surface area (Å²) in [4.78, 5) is 29.8. The van der Waals surface area contributed by atoms with Crippen LogP contribution in [0.25, 0.3) is 0 Å². The third kappa shape index (κ3) is 2.79. The quantitative estimate of drug-likeness (QED) is 0.868. The summed E-state index contributed by atoms with van der Waals surface area (Å²) >= 11 is 1.73. The minimum atomic E-state index is -0.0926. The van der Waals surface area contributed by atoms with E-state index in [0.717, 1.165) is 6.42 Å². The molecular formula is C17H18N2O3S. The van der Waals surface area contributed by atoms with Crippen LogP contribution in [0.1, 0.15) is 27.8 Å². The van der Waals surface area contributed by atoms with E-state index < -0.39 is 0 Å². The molecule has 0 aromatic carbocycles. The van der Waals surface area contributed by atoms with Gasteiger partial charge >= 0.3 is 0 Å². The number of carbonyl (C=O) groups is 2. The Morgan fingerprint density at radius 1 is 1.09 bits per heavy atom. The van der Waals surface area contributed by atoms with Gasteiger partial charge in [-0.25, -0.2) is 0 Å². The number of nitrogens with zero attached hydrogens (tertiary/aromatic N) is 2. The van der Waals surface area contributed by atoms with Gasteiger partial charge in [0.1, 0.15) is 0 Å². The maximum absolute atomic E-state index is 12.6. The maximum Gasteiger partial charge on any atom is 0.289 e. The van der Waals surface area contributed by atoms with Gasteiger partial charge in [0.25, 0.3) is 5.91 Å². The van der Waals surface area contributed by atoms with Crippen LogP contribution in [0, 0.1) is 5.92 Å². The molecule has 3 heterocycles. The molecule has 1 saturated heterocycles. The first kappa shape index (κ1) is 14.5. The third-order valence-electron chi connectivity index (χ3n) is 4.63. The predicted molar refractivity (Wildman–Crippen MR) is 86.4 cm³/mol. The van der Waals surface area contributed by atoms with E-state index in [1.165, 1.54) is 11.1 Å². The summed E-state index contributed by atoms with van der Waals surface area (Å²) in [5, 5.41) is 2.06. The highest BCUT2D eigenvalue weighted by Crippen LogP contribution is 2.50. The molecule has 6 heteroatoms. The van der Waals surface area contributed by atoms with Crippen molar-refractivity contribution >= 4 is 23.2 Å². The molecule has 4 rings (SSSR count). The van der Waals surface area contributed by atoms with E-state index in [1.807, 2.05) is 11.0 Å². The van der Waals surface area contributed by atoms with Crippen molar-refractivity contribution in [1.29, 1.82) is 0 Å². The molecule has 0 N–H and O–H groups in total. The molecular weight excluding hydrogens is 312 g/mol. The molecule has 2 aromatic heterocycles. The zero-order chi connectivity index (χ0) is 15.8. The van der Waals surface area contributed by atoms with Crippen molar-refractivity contribution in [3.63, 3.8) is 0 Å². The van der Waals surface area contributed by atoms with Crippen LogP contribution in [0.15, 0.2) is 40.3 Å². The molecule has 120 valence electrons. The number of hydrogen-bond acceptors (Lipinski definition) is 4.